The quantitative estimate of drug-likeness (QED) is 0.689. The molecule has 1 N–H and O–H groups in total. The summed E-state index contributed by atoms with van der Waals surface area (Å²) in [6.45, 7) is 19.6. The van der Waals surface area contributed by atoms with E-state index in [0.29, 0.717) is 8.20 Å². The number of hydrogen-bond acceptors (Lipinski definition) is 1. The van der Waals surface area contributed by atoms with Crippen LogP contribution in [0.5, 0.6) is 0 Å². The number of rotatable bonds is 2. The van der Waals surface area contributed by atoms with Gasteiger partial charge in [0.25, 0.3) is 0 Å². The number of hydrogen-bond donors (Lipinski definition) is 1. The molecule has 2 nitrogen and oxygen atoms in total. The highest BCUT2D eigenvalue weighted by atomic mass is 35.5. The Hall–Kier alpha value is -0.850. The highest BCUT2D eigenvalue weighted by molar-refractivity contribution is 7.56. The lowest BCUT2D eigenvalue weighted by Crippen LogP contribution is -2.30. The molecule has 0 aromatic heterocycles. The van der Waals surface area contributed by atoms with E-state index in [0.717, 1.165) is 5.30 Å². The van der Waals surface area contributed by atoms with Crippen molar-refractivity contribution in [1.29, 1.82) is 0 Å². The third-order valence-electron chi connectivity index (χ3n) is 3.98. The molecule has 1 rings (SSSR count). The van der Waals surface area contributed by atoms with E-state index in [-0.39, 0.29) is 21.0 Å². The van der Waals surface area contributed by atoms with Crippen molar-refractivity contribution in [3.63, 3.8) is 0 Å². The molecule has 0 atom stereocenters. The Morgan fingerprint density at radius 2 is 1.25 bits per heavy atom. The summed E-state index contributed by atoms with van der Waals surface area (Å²) in [4.78, 5) is 11.3. The molecule has 1 aromatic carbocycles. The van der Waals surface area contributed by atoms with Crippen LogP contribution in [0.15, 0.2) is 12.1 Å². The molecule has 4 heteroatoms. The van der Waals surface area contributed by atoms with Crippen LogP contribution in [0.3, 0.4) is 0 Å². The maximum absolute atomic E-state index is 11.3. The third kappa shape index (κ3) is 5.07. The first-order valence-corrected chi connectivity index (χ1v) is 9.49. The maximum Gasteiger partial charge on any atom is 0.352 e. The first-order chi connectivity index (χ1) is 10.5. The van der Waals surface area contributed by atoms with Gasteiger partial charge >= 0.3 is 5.97 Å². The van der Waals surface area contributed by atoms with Crippen molar-refractivity contribution in [2.24, 2.45) is 0 Å². The number of benzene rings is 1. The molecule has 0 aliphatic carbocycles. The zero-order chi connectivity index (χ0) is 19.1. The lowest BCUT2D eigenvalue weighted by Gasteiger charge is -2.32. The number of carboxylic acids is 1. The second kappa shape index (κ2) is 6.81. The van der Waals surface area contributed by atoms with Crippen molar-refractivity contribution >= 4 is 35.8 Å². The summed E-state index contributed by atoms with van der Waals surface area (Å²) in [6, 6.07) is 4.45. The van der Waals surface area contributed by atoms with Crippen LogP contribution in [0, 0.1) is 0 Å². The van der Waals surface area contributed by atoms with Crippen LogP contribution in [0.2, 0.25) is 0 Å². The van der Waals surface area contributed by atoms with Crippen LogP contribution in [-0.4, -0.2) is 15.8 Å². The minimum atomic E-state index is -1.06. The van der Waals surface area contributed by atoms with Crippen LogP contribution in [-0.2, 0) is 21.0 Å². The normalized spacial score (nSPS) is 14.0. The Morgan fingerprint density at radius 3 is 1.50 bits per heavy atom. The monoisotopic (exact) mass is 368 g/mol. The minimum absolute atomic E-state index is 0.0235. The molecule has 0 saturated heterocycles. The molecule has 0 saturated carbocycles. The average molecular weight is 369 g/mol. The van der Waals surface area contributed by atoms with Crippen LogP contribution in [0.25, 0.3) is 0 Å². The highest BCUT2D eigenvalue weighted by Crippen LogP contribution is 2.35. The summed E-state index contributed by atoms with van der Waals surface area (Å²) >= 11 is 6.03. The van der Waals surface area contributed by atoms with E-state index in [1.807, 2.05) is 0 Å². The van der Waals surface area contributed by atoms with Gasteiger partial charge in [0.2, 0.25) is 0 Å². The molecule has 1 aromatic rings. The van der Waals surface area contributed by atoms with Crippen molar-refractivity contribution < 1.29 is 9.90 Å². The van der Waals surface area contributed by atoms with Gasteiger partial charge in [0.15, 0.2) is 4.75 Å². The molecular formula is C20H30ClO2P. The van der Waals surface area contributed by atoms with Crippen LogP contribution >= 0.6 is 19.8 Å². The molecular weight excluding hydrogens is 339 g/mol. The molecule has 0 unspecified atom stereocenters. The van der Waals surface area contributed by atoms with Crippen molar-refractivity contribution in [3.05, 3.63) is 28.8 Å². The molecule has 0 aliphatic heterocycles. The van der Waals surface area contributed by atoms with Gasteiger partial charge in [-0.15, -0.1) is 0 Å². The zero-order valence-corrected chi connectivity index (χ0v) is 18.0. The fourth-order valence-corrected chi connectivity index (χ4v) is 4.06. The third-order valence-corrected chi connectivity index (χ3v) is 5.49. The van der Waals surface area contributed by atoms with E-state index in [1.54, 1.807) is 0 Å². The summed E-state index contributed by atoms with van der Waals surface area (Å²) in [5.41, 5.74) is 3.43. The Labute approximate surface area is 153 Å². The maximum atomic E-state index is 11.3. The molecule has 0 radical (unpaired) electrons. The number of halogens is 1. The fourth-order valence-electron chi connectivity index (χ4n) is 2.48. The minimum Gasteiger partial charge on any atom is -0.477 e. The summed E-state index contributed by atoms with van der Waals surface area (Å²) in [5, 5.41) is 10.3. The van der Waals surface area contributed by atoms with Crippen molar-refractivity contribution in [3.8, 4) is 0 Å². The molecule has 0 spiro atoms. The average Bonchev–Trinajstić information content (AvgIpc) is 2.34. The lowest BCUT2D eigenvalue weighted by molar-refractivity contribution is -0.128. The second-order valence-electron chi connectivity index (χ2n) is 9.38. The van der Waals surface area contributed by atoms with Gasteiger partial charge in [0.05, 0.1) is 0 Å². The first-order valence-electron chi connectivity index (χ1n) is 8.22. The largest absolute Gasteiger partial charge is 0.477 e. The van der Waals surface area contributed by atoms with Gasteiger partial charge in [-0.25, -0.2) is 4.79 Å². The van der Waals surface area contributed by atoms with Crippen molar-refractivity contribution in [1.82, 2.24) is 0 Å². The molecule has 0 fully saturated rings. The summed E-state index contributed by atoms with van der Waals surface area (Å²) in [5.74, 6) is -1.06. The fraction of sp³-hybridized carbons (Fsp3) is 0.600. The standard InChI is InChI=1S/C20H30ClO2P/c1-18(2,3)12-10-13(19(4,5)6)15(24-16(21)17(22)23)14(11-12)20(7,8)9/h10-11H,1-9H3,(H,22,23). The summed E-state index contributed by atoms with van der Waals surface area (Å²) in [6.07, 6.45) is 0. The molecule has 0 aliphatic rings. The molecule has 0 amide bonds. The lowest BCUT2D eigenvalue weighted by atomic mass is 9.75. The predicted octanol–water partition coefficient (Wildman–Crippen LogP) is 5.60. The zero-order valence-electron chi connectivity index (χ0n) is 16.3. The Balaban J connectivity index is 3.96. The van der Waals surface area contributed by atoms with E-state index < -0.39 is 5.97 Å². The van der Waals surface area contributed by atoms with E-state index in [9.17, 15) is 9.90 Å². The van der Waals surface area contributed by atoms with Gasteiger partial charge in [0.1, 0.15) is 0 Å². The van der Waals surface area contributed by atoms with Gasteiger partial charge in [-0.05, 0) is 41.1 Å². The summed E-state index contributed by atoms with van der Waals surface area (Å²) < 4.78 is -0.0606. The van der Waals surface area contributed by atoms with Gasteiger partial charge in [-0.2, -0.15) is 0 Å². The van der Waals surface area contributed by atoms with Crippen molar-refractivity contribution in [2.45, 2.75) is 78.6 Å². The SMILES string of the molecule is CC(C)(C)c1cc(C(C)(C)C)c(P=C(Cl)C(=O)O)c(C(C)(C)C)c1. The Kier molecular flexibility index (Phi) is 6.01. The van der Waals surface area contributed by atoms with E-state index in [4.69, 9.17) is 11.6 Å². The number of carbonyl (C=O) groups is 1. The molecule has 24 heavy (non-hydrogen) atoms. The number of carboxylic acid groups (broad SMARTS) is 1. The van der Waals surface area contributed by atoms with Gasteiger partial charge in [-0.3, -0.25) is 0 Å². The predicted molar refractivity (Wildman–Crippen MR) is 108 cm³/mol. The molecule has 0 heterocycles. The highest BCUT2D eigenvalue weighted by Gasteiger charge is 2.29. The topological polar surface area (TPSA) is 37.3 Å². The molecule has 134 valence electrons. The Morgan fingerprint density at radius 1 is 0.875 bits per heavy atom. The van der Waals surface area contributed by atoms with Crippen LogP contribution in [0.4, 0.5) is 0 Å². The van der Waals surface area contributed by atoms with E-state index in [1.165, 1.54) is 16.7 Å². The van der Waals surface area contributed by atoms with Gasteiger partial charge in [-0.1, -0.05) is 86.0 Å². The second-order valence-corrected chi connectivity index (χ2v) is 11.1. The number of aliphatic carboxylic acids is 1. The van der Waals surface area contributed by atoms with Crippen LogP contribution in [0.1, 0.15) is 79.0 Å². The Bertz CT molecular complexity index is 633. The van der Waals surface area contributed by atoms with Gasteiger partial charge in [0, 0.05) is 5.30 Å². The molecule has 0 bridgehead atoms. The van der Waals surface area contributed by atoms with Crippen molar-refractivity contribution in [2.75, 3.05) is 0 Å². The summed E-state index contributed by atoms with van der Waals surface area (Å²) in [7, 11) is 0.563. The van der Waals surface area contributed by atoms with E-state index in [2.05, 4.69) is 74.4 Å². The van der Waals surface area contributed by atoms with E-state index >= 15 is 0 Å². The smallest absolute Gasteiger partial charge is 0.352 e. The van der Waals surface area contributed by atoms with Crippen LogP contribution < -0.4 is 5.30 Å². The first kappa shape index (κ1) is 21.2. The van der Waals surface area contributed by atoms with Gasteiger partial charge < -0.3 is 5.11 Å².